The molecule has 64 valence electrons. The molecule has 0 N–H and O–H groups in total. The Kier molecular flexibility index (Phi) is 3.36. The van der Waals surface area contributed by atoms with E-state index in [9.17, 15) is 0 Å². The van der Waals surface area contributed by atoms with E-state index in [0.717, 1.165) is 17.0 Å². The maximum absolute atomic E-state index is 5.96. The van der Waals surface area contributed by atoms with E-state index in [1.54, 1.807) is 0 Å². The van der Waals surface area contributed by atoms with Crippen LogP contribution in [0.15, 0.2) is 24.3 Å². The first-order chi connectivity index (χ1) is 5.75. The lowest BCUT2D eigenvalue weighted by molar-refractivity contribution is 1.23. The van der Waals surface area contributed by atoms with E-state index >= 15 is 0 Å². The molecule has 0 radical (unpaired) electrons. The molecule has 1 aromatic carbocycles. The van der Waals surface area contributed by atoms with Crippen molar-refractivity contribution in [3.05, 3.63) is 40.4 Å². The highest BCUT2D eigenvalue weighted by Gasteiger charge is 1.96. The smallest absolute Gasteiger partial charge is 0.0441 e. The van der Waals surface area contributed by atoms with Gasteiger partial charge in [-0.3, -0.25) is 0 Å². The van der Waals surface area contributed by atoms with Crippen molar-refractivity contribution in [2.24, 2.45) is 0 Å². The van der Waals surface area contributed by atoms with Crippen molar-refractivity contribution in [2.45, 2.75) is 20.3 Å². The molecular formula is C11H13Cl. The minimum atomic E-state index is 0.841. The lowest BCUT2D eigenvalue weighted by atomic mass is 10.1. The van der Waals surface area contributed by atoms with E-state index in [0.29, 0.717) is 0 Å². The van der Waals surface area contributed by atoms with E-state index in [1.807, 2.05) is 19.1 Å². The molecule has 0 spiro atoms. The summed E-state index contributed by atoms with van der Waals surface area (Å²) in [6, 6.07) is 5.97. The van der Waals surface area contributed by atoms with Crippen LogP contribution in [0.3, 0.4) is 0 Å². The zero-order valence-corrected chi connectivity index (χ0v) is 8.23. The second-order valence-electron chi connectivity index (χ2n) is 2.76. The second kappa shape index (κ2) is 4.32. The summed E-state index contributed by atoms with van der Waals surface area (Å²) in [5, 5.41) is 0.841. The molecule has 0 fully saturated rings. The third-order valence-corrected chi connectivity index (χ3v) is 2.25. The molecule has 0 aromatic heterocycles. The summed E-state index contributed by atoms with van der Waals surface area (Å²) in [4.78, 5) is 0. The Morgan fingerprint density at radius 2 is 2.17 bits per heavy atom. The van der Waals surface area contributed by atoms with Crippen molar-refractivity contribution in [1.29, 1.82) is 0 Å². The van der Waals surface area contributed by atoms with Gasteiger partial charge in [0.15, 0.2) is 0 Å². The Labute approximate surface area is 78.9 Å². The fourth-order valence-corrected chi connectivity index (χ4v) is 1.23. The monoisotopic (exact) mass is 180 g/mol. The van der Waals surface area contributed by atoms with E-state index in [-0.39, 0.29) is 0 Å². The first kappa shape index (κ1) is 9.34. The summed E-state index contributed by atoms with van der Waals surface area (Å²) in [6.45, 7) is 4.16. The molecule has 0 saturated carbocycles. The van der Waals surface area contributed by atoms with Crippen LogP contribution in [0.4, 0.5) is 0 Å². The third kappa shape index (κ3) is 2.12. The van der Waals surface area contributed by atoms with Gasteiger partial charge in [0.05, 0.1) is 0 Å². The quantitative estimate of drug-likeness (QED) is 0.644. The Hall–Kier alpha value is -0.750. The summed E-state index contributed by atoms with van der Waals surface area (Å²) in [7, 11) is 0. The Morgan fingerprint density at radius 3 is 2.83 bits per heavy atom. The van der Waals surface area contributed by atoms with Gasteiger partial charge in [0.25, 0.3) is 0 Å². The SMILES string of the molecule is CC/C=C/c1cccc(Cl)c1C. The van der Waals surface area contributed by atoms with E-state index < -0.39 is 0 Å². The number of halogens is 1. The van der Waals surface area contributed by atoms with E-state index in [4.69, 9.17) is 11.6 Å². The topological polar surface area (TPSA) is 0 Å². The number of rotatable bonds is 2. The number of hydrogen-bond acceptors (Lipinski definition) is 0. The molecule has 1 aromatic rings. The van der Waals surface area contributed by atoms with Crippen LogP contribution in [0.25, 0.3) is 6.08 Å². The van der Waals surface area contributed by atoms with Crippen molar-refractivity contribution in [3.63, 3.8) is 0 Å². The standard InChI is InChI=1S/C11H13Cl/c1-3-4-6-10-7-5-8-11(12)9(10)2/h4-8H,3H2,1-2H3/b6-4+. The fraction of sp³-hybridized carbons (Fsp3) is 0.273. The highest BCUT2D eigenvalue weighted by Crippen LogP contribution is 2.19. The molecule has 0 aliphatic rings. The Bertz CT molecular complexity index is 287. The predicted octanol–water partition coefficient (Wildman–Crippen LogP) is 4.07. The largest absolute Gasteiger partial charge is 0.0842 e. The summed E-state index contributed by atoms with van der Waals surface area (Å²) >= 11 is 5.96. The summed E-state index contributed by atoms with van der Waals surface area (Å²) < 4.78 is 0. The second-order valence-corrected chi connectivity index (χ2v) is 3.17. The van der Waals surface area contributed by atoms with Gasteiger partial charge in [-0.1, -0.05) is 42.8 Å². The molecule has 0 atom stereocenters. The van der Waals surface area contributed by atoms with Gasteiger partial charge in [0.1, 0.15) is 0 Å². The Morgan fingerprint density at radius 1 is 1.42 bits per heavy atom. The molecule has 12 heavy (non-hydrogen) atoms. The van der Waals surface area contributed by atoms with Crippen LogP contribution in [-0.2, 0) is 0 Å². The zero-order chi connectivity index (χ0) is 8.97. The highest BCUT2D eigenvalue weighted by atomic mass is 35.5. The number of hydrogen-bond donors (Lipinski definition) is 0. The summed E-state index contributed by atoms with van der Waals surface area (Å²) in [5.74, 6) is 0. The van der Waals surface area contributed by atoms with Crippen LogP contribution in [0.2, 0.25) is 5.02 Å². The summed E-state index contributed by atoms with van der Waals surface area (Å²) in [6.07, 6.45) is 5.31. The highest BCUT2D eigenvalue weighted by molar-refractivity contribution is 6.31. The van der Waals surface area contributed by atoms with Gasteiger partial charge in [0.2, 0.25) is 0 Å². The summed E-state index contributed by atoms with van der Waals surface area (Å²) in [5.41, 5.74) is 2.37. The molecule has 1 heteroatoms. The van der Waals surface area contributed by atoms with Gasteiger partial charge in [-0.15, -0.1) is 0 Å². The van der Waals surface area contributed by atoms with Crippen LogP contribution in [0, 0.1) is 6.92 Å². The van der Waals surface area contributed by atoms with Crippen molar-refractivity contribution in [3.8, 4) is 0 Å². The molecule has 0 amide bonds. The van der Waals surface area contributed by atoms with Gasteiger partial charge in [-0.25, -0.2) is 0 Å². The van der Waals surface area contributed by atoms with Crippen LogP contribution in [-0.4, -0.2) is 0 Å². The number of benzene rings is 1. The van der Waals surface area contributed by atoms with Crippen molar-refractivity contribution in [1.82, 2.24) is 0 Å². The van der Waals surface area contributed by atoms with Crippen molar-refractivity contribution >= 4 is 17.7 Å². The Balaban J connectivity index is 3.00. The maximum atomic E-state index is 5.96. The third-order valence-electron chi connectivity index (χ3n) is 1.84. The predicted molar refractivity (Wildman–Crippen MR) is 55.5 cm³/mol. The molecule has 0 nitrogen and oxygen atoms in total. The average Bonchev–Trinajstić information content (AvgIpc) is 2.08. The average molecular weight is 181 g/mol. The van der Waals surface area contributed by atoms with Crippen molar-refractivity contribution in [2.75, 3.05) is 0 Å². The van der Waals surface area contributed by atoms with Gasteiger partial charge in [0, 0.05) is 5.02 Å². The van der Waals surface area contributed by atoms with E-state index in [1.165, 1.54) is 5.56 Å². The molecule has 0 unspecified atom stereocenters. The van der Waals surface area contributed by atoms with Gasteiger partial charge in [-0.05, 0) is 30.5 Å². The van der Waals surface area contributed by atoms with E-state index in [2.05, 4.69) is 25.1 Å². The van der Waals surface area contributed by atoms with Crippen LogP contribution < -0.4 is 0 Å². The van der Waals surface area contributed by atoms with Gasteiger partial charge < -0.3 is 0 Å². The molecule has 0 heterocycles. The lowest BCUT2D eigenvalue weighted by Crippen LogP contribution is -1.80. The maximum Gasteiger partial charge on any atom is 0.0441 e. The molecule has 0 bridgehead atoms. The normalized spacial score (nSPS) is 10.9. The zero-order valence-electron chi connectivity index (χ0n) is 7.47. The van der Waals surface area contributed by atoms with Crippen LogP contribution in [0.1, 0.15) is 24.5 Å². The molecule has 0 aliphatic carbocycles. The van der Waals surface area contributed by atoms with Gasteiger partial charge >= 0.3 is 0 Å². The molecule has 1 rings (SSSR count). The molecular weight excluding hydrogens is 168 g/mol. The minimum Gasteiger partial charge on any atom is -0.0842 e. The van der Waals surface area contributed by atoms with Gasteiger partial charge in [-0.2, -0.15) is 0 Å². The van der Waals surface area contributed by atoms with Crippen LogP contribution >= 0.6 is 11.6 Å². The first-order valence-corrected chi connectivity index (χ1v) is 4.55. The number of allylic oxidation sites excluding steroid dienone is 1. The molecule has 0 aliphatic heterocycles. The minimum absolute atomic E-state index is 0.841. The van der Waals surface area contributed by atoms with Crippen molar-refractivity contribution < 1.29 is 0 Å². The first-order valence-electron chi connectivity index (χ1n) is 4.17. The van der Waals surface area contributed by atoms with Crippen LogP contribution in [0.5, 0.6) is 0 Å². The lowest BCUT2D eigenvalue weighted by Gasteiger charge is -2.01. The fourth-order valence-electron chi connectivity index (χ4n) is 1.05. The molecule has 0 saturated heterocycles.